The van der Waals surface area contributed by atoms with E-state index in [9.17, 15) is 9.90 Å². The summed E-state index contributed by atoms with van der Waals surface area (Å²) in [5.41, 5.74) is 3.91. The Kier molecular flexibility index (Phi) is 6.83. The average molecular weight is 471 g/mol. The molecule has 2 aromatic carbocycles. The number of amides is 1. The Labute approximate surface area is 162 Å². The van der Waals surface area contributed by atoms with E-state index in [1.807, 2.05) is 24.3 Å². The van der Waals surface area contributed by atoms with E-state index in [0.717, 1.165) is 5.69 Å². The molecule has 0 radical (unpaired) electrons. The molecular weight excluding hydrogens is 454 g/mol. The number of aromatic hydroxyl groups is 1. The molecule has 0 aromatic heterocycles. The highest BCUT2D eigenvalue weighted by atomic mass is 79.9. The predicted octanol–water partition coefficient (Wildman–Crippen LogP) is 3.88. The molecule has 2 rings (SSSR count). The van der Waals surface area contributed by atoms with Crippen molar-refractivity contribution >= 4 is 49.7 Å². The van der Waals surface area contributed by atoms with Gasteiger partial charge in [0.15, 0.2) is 0 Å². The molecule has 132 valence electrons. The topological polar surface area (TPSA) is 83.0 Å². The van der Waals surface area contributed by atoms with Gasteiger partial charge in [0, 0.05) is 0 Å². The van der Waals surface area contributed by atoms with E-state index >= 15 is 0 Å². The molecule has 1 unspecified atom stereocenters. The van der Waals surface area contributed by atoms with Crippen LogP contribution in [0.15, 0.2) is 50.4 Å². The van der Waals surface area contributed by atoms with Gasteiger partial charge < -0.3 is 15.2 Å². The molecule has 2 aromatic rings. The standard InChI is InChI=1S/C17H17Br2N3O3/c1-10(21-14-5-3-4-6-15(14)25-2)17(24)22-20-9-11-7-12(18)16(23)13(19)8-11/h3-10,21,23H,1-2H3,(H,22,24). The van der Waals surface area contributed by atoms with Crippen LogP contribution in [0, 0.1) is 0 Å². The van der Waals surface area contributed by atoms with Crippen molar-refractivity contribution in [2.24, 2.45) is 5.10 Å². The monoisotopic (exact) mass is 469 g/mol. The Balaban J connectivity index is 1.97. The molecule has 0 aliphatic carbocycles. The fourth-order valence-electron chi connectivity index (χ4n) is 1.99. The van der Waals surface area contributed by atoms with Crippen LogP contribution in [-0.2, 0) is 4.79 Å². The number of phenolic OH excluding ortho intramolecular Hbond substituents is 1. The molecule has 1 atom stereocenters. The molecule has 0 saturated carbocycles. The maximum Gasteiger partial charge on any atom is 0.262 e. The minimum atomic E-state index is -0.508. The largest absolute Gasteiger partial charge is 0.506 e. The van der Waals surface area contributed by atoms with Gasteiger partial charge in [-0.1, -0.05) is 12.1 Å². The van der Waals surface area contributed by atoms with Crippen LogP contribution in [0.5, 0.6) is 11.5 Å². The fraction of sp³-hybridized carbons (Fsp3) is 0.176. The Hall–Kier alpha value is -2.06. The highest BCUT2D eigenvalue weighted by Crippen LogP contribution is 2.32. The lowest BCUT2D eigenvalue weighted by Gasteiger charge is -2.15. The van der Waals surface area contributed by atoms with Gasteiger partial charge in [-0.05, 0) is 68.6 Å². The second-order valence-electron chi connectivity index (χ2n) is 5.13. The number of ether oxygens (including phenoxy) is 1. The second kappa shape index (κ2) is 8.87. The van der Waals surface area contributed by atoms with Crippen molar-refractivity contribution in [3.05, 3.63) is 50.9 Å². The van der Waals surface area contributed by atoms with E-state index < -0.39 is 6.04 Å². The molecule has 1 amide bonds. The van der Waals surface area contributed by atoms with E-state index in [2.05, 4.69) is 47.7 Å². The summed E-state index contributed by atoms with van der Waals surface area (Å²) in [7, 11) is 1.57. The van der Waals surface area contributed by atoms with Crippen molar-refractivity contribution in [2.45, 2.75) is 13.0 Å². The summed E-state index contributed by atoms with van der Waals surface area (Å²) in [6.07, 6.45) is 1.49. The maximum absolute atomic E-state index is 12.1. The minimum absolute atomic E-state index is 0.107. The summed E-state index contributed by atoms with van der Waals surface area (Å²) >= 11 is 6.48. The number of hydrazone groups is 1. The molecular formula is C17H17Br2N3O3. The number of anilines is 1. The molecule has 0 aliphatic heterocycles. The Bertz CT molecular complexity index is 773. The van der Waals surface area contributed by atoms with Crippen LogP contribution in [0.4, 0.5) is 5.69 Å². The highest BCUT2D eigenvalue weighted by molar-refractivity contribution is 9.11. The van der Waals surface area contributed by atoms with Crippen LogP contribution in [0.25, 0.3) is 0 Å². The zero-order valence-corrected chi connectivity index (χ0v) is 16.8. The third kappa shape index (κ3) is 5.20. The predicted molar refractivity (Wildman–Crippen MR) is 105 cm³/mol. The van der Waals surface area contributed by atoms with Gasteiger partial charge in [-0.2, -0.15) is 5.10 Å². The second-order valence-corrected chi connectivity index (χ2v) is 6.84. The minimum Gasteiger partial charge on any atom is -0.506 e. The molecule has 0 saturated heterocycles. The lowest BCUT2D eigenvalue weighted by Crippen LogP contribution is -2.35. The molecule has 8 heteroatoms. The van der Waals surface area contributed by atoms with Crippen molar-refractivity contribution in [1.29, 1.82) is 0 Å². The normalized spacial score (nSPS) is 12.0. The van der Waals surface area contributed by atoms with Gasteiger partial charge in [-0.3, -0.25) is 4.79 Å². The van der Waals surface area contributed by atoms with Crippen molar-refractivity contribution in [3.63, 3.8) is 0 Å². The summed E-state index contributed by atoms with van der Waals surface area (Å²) in [4.78, 5) is 12.1. The Morgan fingerprint density at radius 3 is 2.56 bits per heavy atom. The van der Waals surface area contributed by atoms with Crippen molar-refractivity contribution < 1.29 is 14.6 Å². The van der Waals surface area contributed by atoms with E-state index in [0.29, 0.717) is 20.3 Å². The van der Waals surface area contributed by atoms with Gasteiger partial charge in [0.1, 0.15) is 17.5 Å². The van der Waals surface area contributed by atoms with Crippen LogP contribution in [0.3, 0.4) is 0 Å². The number of halogens is 2. The lowest BCUT2D eigenvalue weighted by atomic mass is 10.2. The fourth-order valence-corrected chi connectivity index (χ4v) is 3.21. The number of hydrogen-bond acceptors (Lipinski definition) is 5. The summed E-state index contributed by atoms with van der Waals surface area (Å²) in [5.74, 6) is 0.472. The number of nitrogens with zero attached hydrogens (tertiary/aromatic N) is 1. The zero-order chi connectivity index (χ0) is 18.4. The third-order valence-electron chi connectivity index (χ3n) is 3.30. The van der Waals surface area contributed by atoms with Crippen LogP contribution in [0.1, 0.15) is 12.5 Å². The van der Waals surface area contributed by atoms with Crippen LogP contribution in [0.2, 0.25) is 0 Å². The summed E-state index contributed by atoms with van der Waals surface area (Å²) in [6.45, 7) is 1.73. The quantitative estimate of drug-likeness (QED) is 0.442. The summed E-state index contributed by atoms with van der Waals surface area (Å²) < 4.78 is 6.30. The number of para-hydroxylation sites is 2. The van der Waals surface area contributed by atoms with Crippen LogP contribution in [-0.4, -0.2) is 30.4 Å². The molecule has 0 bridgehead atoms. The molecule has 0 heterocycles. The van der Waals surface area contributed by atoms with Crippen molar-refractivity contribution in [3.8, 4) is 11.5 Å². The van der Waals surface area contributed by atoms with Gasteiger partial charge in [0.2, 0.25) is 0 Å². The van der Waals surface area contributed by atoms with Gasteiger partial charge in [0.05, 0.1) is 28.0 Å². The van der Waals surface area contributed by atoms with E-state index in [-0.39, 0.29) is 11.7 Å². The van der Waals surface area contributed by atoms with Crippen molar-refractivity contribution in [1.82, 2.24) is 5.43 Å². The molecule has 6 nitrogen and oxygen atoms in total. The first kappa shape index (κ1) is 19.3. The van der Waals surface area contributed by atoms with Crippen molar-refractivity contribution in [2.75, 3.05) is 12.4 Å². The van der Waals surface area contributed by atoms with E-state index in [1.165, 1.54) is 6.21 Å². The molecule has 0 spiro atoms. The summed E-state index contributed by atoms with van der Waals surface area (Å²) in [5, 5.41) is 16.7. The number of carbonyl (C=O) groups excluding carboxylic acids is 1. The highest BCUT2D eigenvalue weighted by Gasteiger charge is 2.13. The number of hydrogen-bond donors (Lipinski definition) is 3. The molecule has 0 fully saturated rings. The van der Waals surface area contributed by atoms with Crippen LogP contribution >= 0.6 is 31.9 Å². The molecule has 25 heavy (non-hydrogen) atoms. The van der Waals surface area contributed by atoms with Gasteiger partial charge >= 0.3 is 0 Å². The van der Waals surface area contributed by atoms with E-state index in [1.54, 1.807) is 26.2 Å². The van der Waals surface area contributed by atoms with Gasteiger partial charge in [-0.25, -0.2) is 5.43 Å². The Morgan fingerprint density at radius 2 is 1.92 bits per heavy atom. The zero-order valence-electron chi connectivity index (χ0n) is 13.6. The summed E-state index contributed by atoms with van der Waals surface area (Å²) in [6, 6.07) is 10.2. The number of methoxy groups -OCH3 is 1. The number of carbonyl (C=O) groups is 1. The van der Waals surface area contributed by atoms with Gasteiger partial charge in [0.25, 0.3) is 5.91 Å². The number of nitrogens with one attached hydrogen (secondary N) is 2. The molecule has 3 N–H and O–H groups in total. The number of rotatable bonds is 6. The first-order valence-corrected chi connectivity index (χ1v) is 8.91. The lowest BCUT2D eigenvalue weighted by molar-refractivity contribution is -0.121. The van der Waals surface area contributed by atoms with E-state index in [4.69, 9.17) is 4.74 Å². The maximum atomic E-state index is 12.1. The number of benzene rings is 2. The van der Waals surface area contributed by atoms with Gasteiger partial charge in [-0.15, -0.1) is 0 Å². The SMILES string of the molecule is COc1ccccc1NC(C)C(=O)NN=Cc1cc(Br)c(O)c(Br)c1. The smallest absolute Gasteiger partial charge is 0.262 e. The molecule has 0 aliphatic rings. The third-order valence-corrected chi connectivity index (χ3v) is 4.51. The van der Waals surface area contributed by atoms with Crippen LogP contribution < -0.4 is 15.5 Å². The first-order chi connectivity index (χ1) is 11.9. The Morgan fingerprint density at radius 1 is 1.28 bits per heavy atom. The average Bonchev–Trinajstić information content (AvgIpc) is 2.59. The number of phenols is 1. The first-order valence-electron chi connectivity index (χ1n) is 7.33.